The Balaban J connectivity index is 2.24. The van der Waals surface area contributed by atoms with Gasteiger partial charge in [0.05, 0.1) is 12.4 Å². The van der Waals surface area contributed by atoms with Crippen LogP contribution in [0.1, 0.15) is 26.7 Å². The third-order valence-corrected chi connectivity index (χ3v) is 4.20. The summed E-state index contributed by atoms with van der Waals surface area (Å²) in [5.74, 6) is 0.474. The minimum Gasteiger partial charge on any atom is -0.381 e. The average Bonchev–Trinajstić information content (AvgIpc) is 2.15. The van der Waals surface area contributed by atoms with Crippen LogP contribution in [0.3, 0.4) is 0 Å². The van der Waals surface area contributed by atoms with E-state index in [1.807, 2.05) is 13.8 Å². The molecule has 1 aliphatic rings. The molecule has 0 N–H and O–H groups in total. The van der Waals surface area contributed by atoms with Gasteiger partial charge in [0.1, 0.15) is 0 Å². The molecule has 0 saturated carbocycles. The Hall–Kier alpha value is 0.160. The number of hydrogen-bond donors (Lipinski definition) is 0. The number of ether oxygens (including phenoxy) is 2. The Labute approximate surface area is 108 Å². The molecule has 1 fully saturated rings. The fourth-order valence-electron chi connectivity index (χ4n) is 1.92. The monoisotopic (exact) mass is 284 g/mol. The van der Waals surface area contributed by atoms with Crippen LogP contribution < -0.4 is 0 Å². The summed E-state index contributed by atoms with van der Waals surface area (Å²) in [4.78, 5) is 0. The van der Waals surface area contributed by atoms with Gasteiger partial charge in [-0.3, -0.25) is 0 Å². The molecule has 4 nitrogen and oxygen atoms in total. The summed E-state index contributed by atoms with van der Waals surface area (Å²) in [5.41, 5.74) is -0.439. The van der Waals surface area contributed by atoms with Crippen LogP contribution in [0, 0.1) is 11.3 Å². The lowest BCUT2D eigenvalue weighted by atomic mass is 9.97. The van der Waals surface area contributed by atoms with Crippen LogP contribution in [0.15, 0.2) is 0 Å². The molecular weight excluding hydrogens is 264 g/mol. The van der Waals surface area contributed by atoms with Crippen molar-refractivity contribution < 1.29 is 17.9 Å². The average molecular weight is 285 g/mol. The summed E-state index contributed by atoms with van der Waals surface area (Å²) in [5, 5.41) is 0. The van der Waals surface area contributed by atoms with Gasteiger partial charge in [0, 0.05) is 35.9 Å². The molecule has 102 valence electrons. The van der Waals surface area contributed by atoms with Crippen molar-refractivity contribution in [1.82, 2.24) is 0 Å². The van der Waals surface area contributed by atoms with Crippen molar-refractivity contribution in [2.24, 2.45) is 11.3 Å². The molecule has 1 saturated heterocycles. The van der Waals surface area contributed by atoms with Crippen molar-refractivity contribution in [2.75, 3.05) is 32.2 Å². The maximum absolute atomic E-state index is 11.0. The van der Waals surface area contributed by atoms with Crippen LogP contribution in [0.5, 0.6) is 0 Å². The van der Waals surface area contributed by atoms with Crippen molar-refractivity contribution in [2.45, 2.75) is 26.7 Å². The molecule has 17 heavy (non-hydrogen) atoms. The highest BCUT2D eigenvalue weighted by molar-refractivity contribution is 8.13. The van der Waals surface area contributed by atoms with E-state index >= 15 is 0 Å². The third-order valence-electron chi connectivity index (χ3n) is 2.75. The summed E-state index contributed by atoms with van der Waals surface area (Å²) in [7, 11) is 1.78. The lowest BCUT2D eigenvalue weighted by molar-refractivity contribution is 0.00224. The molecule has 0 aromatic heterocycles. The van der Waals surface area contributed by atoms with E-state index in [4.69, 9.17) is 20.2 Å². The molecule has 1 rings (SSSR count). The molecule has 0 spiro atoms. The van der Waals surface area contributed by atoms with E-state index in [-0.39, 0.29) is 5.75 Å². The number of halogens is 1. The summed E-state index contributed by atoms with van der Waals surface area (Å²) < 4.78 is 32.9. The second-order valence-electron chi connectivity index (χ2n) is 5.42. The van der Waals surface area contributed by atoms with E-state index in [2.05, 4.69) is 0 Å². The Kier molecular flexibility index (Phi) is 5.70. The minimum absolute atomic E-state index is 0.0602. The Morgan fingerprint density at radius 3 is 2.47 bits per heavy atom. The molecule has 0 atom stereocenters. The Bertz CT molecular complexity index is 320. The van der Waals surface area contributed by atoms with Gasteiger partial charge >= 0.3 is 0 Å². The quantitative estimate of drug-likeness (QED) is 0.700. The molecule has 0 amide bonds. The number of hydrogen-bond acceptors (Lipinski definition) is 4. The highest BCUT2D eigenvalue weighted by Gasteiger charge is 2.26. The topological polar surface area (TPSA) is 52.6 Å². The van der Waals surface area contributed by atoms with Crippen molar-refractivity contribution in [1.29, 1.82) is 0 Å². The van der Waals surface area contributed by atoms with Gasteiger partial charge in [0.15, 0.2) is 0 Å². The van der Waals surface area contributed by atoms with Crippen LogP contribution in [-0.2, 0) is 18.5 Å². The Morgan fingerprint density at radius 1 is 1.35 bits per heavy atom. The molecule has 1 aliphatic heterocycles. The Morgan fingerprint density at radius 2 is 1.94 bits per heavy atom. The second-order valence-corrected chi connectivity index (χ2v) is 8.20. The van der Waals surface area contributed by atoms with Gasteiger partial charge in [-0.25, -0.2) is 8.42 Å². The zero-order valence-corrected chi connectivity index (χ0v) is 12.0. The van der Waals surface area contributed by atoms with Crippen LogP contribution >= 0.6 is 10.7 Å². The zero-order chi connectivity index (χ0) is 12.9. The van der Waals surface area contributed by atoms with E-state index in [1.54, 1.807) is 0 Å². The fourth-order valence-corrected chi connectivity index (χ4v) is 3.83. The third kappa shape index (κ3) is 7.24. The SMILES string of the molecule is CC(C)(COCC1CCOCC1)CS(=O)(=O)Cl. The maximum atomic E-state index is 11.0. The first-order valence-corrected chi connectivity index (χ1v) is 8.34. The van der Waals surface area contributed by atoms with Gasteiger partial charge in [-0.05, 0) is 18.8 Å². The summed E-state index contributed by atoms with van der Waals surface area (Å²) in [6.07, 6.45) is 2.04. The highest BCUT2D eigenvalue weighted by atomic mass is 35.7. The van der Waals surface area contributed by atoms with Crippen LogP contribution in [0.25, 0.3) is 0 Å². The van der Waals surface area contributed by atoms with Gasteiger partial charge in [-0.1, -0.05) is 13.8 Å². The van der Waals surface area contributed by atoms with E-state index in [1.165, 1.54) is 0 Å². The van der Waals surface area contributed by atoms with E-state index in [0.29, 0.717) is 19.1 Å². The van der Waals surface area contributed by atoms with Gasteiger partial charge in [0.2, 0.25) is 9.05 Å². The first kappa shape index (κ1) is 15.2. The predicted molar refractivity (Wildman–Crippen MR) is 67.8 cm³/mol. The van der Waals surface area contributed by atoms with Crippen LogP contribution in [-0.4, -0.2) is 40.6 Å². The second kappa shape index (κ2) is 6.36. The van der Waals surface area contributed by atoms with Gasteiger partial charge < -0.3 is 9.47 Å². The number of rotatable bonds is 6. The molecule has 0 radical (unpaired) electrons. The molecule has 6 heteroatoms. The summed E-state index contributed by atoms with van der Waals surface area (Å²) in [6, 6.07) is 0. The standard InChI is InChI=1S/C11H21ClO4S/c1-11(2,9-17(12,13)14)8-16-7-10-3-5-15-6-4-10/h10H,3-9H2,1-2H3. The largest absolute Gasteiger partial charge is 0.381 e. The highest BCUT2D eigenvalue weighted by Crippen LogP contribution is 2.22. The van der Waals surface area contributed by atoms with Crippen LogP contribution in [0.4, 0.5) is 0 Å². The smallest absolute Gasteiger partial charge is 0.233 e. The summed E-state index contributed by atoms with van der Waals surface area (Å²) in [6.45, 7) is 6.38. The lowest BCUT2D eigenvalue weighted by Crippen LogP contribution is -2.29. The first-order valence-electron chi connectivity index (χ1n) is 5.86. The van der Waals surface area contributed by atoms with Crippen molar-refractivity contribution in [3.8, 4) is 0 Å². The molecule has 0 aromatic carbocycles. The van der Waals surface area contributed by atoms with Crippen molar-refractivity contribution in [3.05, 3.63) is 0 Å². The normalized spacial score (nSPS) is 19.5. The molecule has 0 unspecified atom stereocenters. The van der Waals surface area contributed by atoms with Crippen LogP contribution in [0.2, 0.25) is 0 Å². The van der Waals surface area contributed by atoms with Gasteiger partial charge in [-0.2, -0.15) is 0 Å². The van der Waals surface area contributed by atoms with E-state index in [9.17, 15) is 8.42 Å². The van der Waals surface area contributed by atoms with E-state index < -0.39 is 14.5 Å². The first-order chi connectivity index (χ1) is 7.79. The maximum Gasteiger partial charge on any atom is 0.233 e. The molecule has 0 aromatic rings. The van der Waals surface area contributed by atoms with E-state index in [0.717, 1.165) is 26.1 Å². The summed E-state index contributed by atoms with van der Waals surface area (Å²) >= 11 is 0. The molecule has 0 bridgehead atoms. The molecular formula is C11H21ClO4S. The van der Waals surface area contributed by atoms with Crippen molar-refractivity contribution in [3.63, 3.8) is 0 Å². The lowest BCUT2D eigenvalue weighted by Gasteiger charge is -2.26. The van der Waals surface area contributed by atoms with Gasteiger partial charge in [-0.15, -0.1) is 0 Å². The molecule has 1 heterocycles. The fraction of sp³-hybridized carbons (Fsp3) is 1.00. The van der Waals surface area contributed by atoms with Gasteiger partial charge in [0.25, 0.3) is 0 Å². The molecule has 0 aliphatic carbocycles. The van der Waals surface area contributed by atoms with Crippen molar-refractivity contribution >= 4 is 19.7 Å². The minimum atomic E-state index is -3.46. The predicted octanol–water partition coefficient (Wildman–Crippen LogP) is 2.02. The zero-order valence-electron chi connectivity index (χ0n) is 10.4.